The van der Waals surface area contributed by atoms with Crippen LogP contribution >= 0.6 is 12.2 Å². The topological polar surface area (TPSA) is 55.4 Å². The number of carbonyl (C=O) groups excluding carboxylic acids is 2. The van der Waals surface area contributed by atoms with Crippen molar-refractivity contribution in [2.75, 3.05) is 11.9 Å². The van der Waals surface area contributed by atoms with Crippen molar-refractivity contribution in [3.8, 4) is 0 Å². The minimum absolute atomic E-state index is 0.157. The number of para-hydroxylation sites is 1. The fraction of sp³-hybridized carbons (Fsp3) is 0.182. The van der Waals surface area contributed by atoms with Crippen LogP contribution in [0, 0.1) is 0 Å². The molecule has 0 saturated carbocycles. The van der Waals surface area contributed by atoms with Crippen LogP contribution in [0.1, 0.15) is 10.4 Å². The minimum atomic E-state index is -5.04. The number of esters is 1. The predicted octanol–water partition coefficient (Wildman–Crippen LogP) is 2.34. The van der Waals surface area contributed by atoms with Gasteiger partial charge in [-0.2, -0.15) is 13.2 Å². The molecule has 4 nitrogen and oxygen atoms in total. The molecule has 0 heterocycles. The molecule has 19 heavy (non-hydrogen) atoms. The van der Waals surface area contributed by atoms with Gasteiger partial charge >= 0.3 is 18.1 Å². The molecule has 102 valence electrons. The molecule has 0 aliphatic rings. The van der Waals surface area contributed by atoms with Crippen molar-refractivity contribution in [3.63, 3.8) is 0 Å². The highest BCUT2D eigenvalue weighted by Crippen LogP contribution is 2.21. The number of amides is 1. The van der Waals surface area contributed by atoms with E-state index in [1.165, 1.54) is 18.2 Å². The highest BCUT2D eigenvalue weighted by atomic mass is 32.1. The molecule has 0 saturated heterocycles. The molecule has 1 amide bonds. The molecule has 1 rings (SSSR count). The van der Waals surface area contributed by atoms with Crippen molar-refractivity contribution in [3.05, 3.63) is 29.8 Å². The number of halogens is 3. The van der Waals surface area contributed by atoms with E-state index in [-0.39, 0.29) is 17.9 Å². The summed E-state index contributed by atoms with van der Waals surface area (Å²) in [6.07, 6.45) is -5.04. The lowest BCUT2D eigenvalue weighted by atomic mass is 10.2. The van der Waals surface area contributed by atoms with E-state index in [0.717, 1.165) is 11.4 Å². The summed E-state index contributed by atoms with van der Waals surface area (Å²) in [6.45, 7) is -0.157. The SMILES string of the molecule is O=C(OCC=S)c1ccccc1NC(=O)C(F)(F)F. The Hall–Kier alpha value is -1.96. The van der Waals surface area contributed by atoms with Crippen LogP contribution in [0.5, 0.6) is 0 Å². The number of benzene rings is 1. The van der Waals surface area contributed by atoms with Crippen LogP contribution in [-0.2, 0) is 9.53 Å². The second kappa shape index (κ2) is 6.28. The Morgan fingerprint density at radius 3 is 2.53 bits per heavy atom. The smallest absolute Gasteiger partial charge is 0.457 e. The lowest BCUT2D eigenvalue weighted by molar-refractivity contribution is -0.167. The fourth-order valence-corrected chi connectivity index (χ4v) is 1.22. The minimum Gasteiger partial charge on any atom is -0.457 e. The number of carbonyl (C=O) groups is 2. The Morgan fingerprint density at radius 1 is 1.32 bits per heavy atom. The van der Waals surface area contributed by atoms with Crippen LogP contribution < -0.4 is 5.32 Å². The van der Waals surface area contributed by atoms with E-state index in [1.54, 1.807) is 5.32 Å². The molecule has 0 unspecified atom stereocenters. The number of rotatable bonds is 4. The third-order valence-electron chi connectivity index (χ3n) is 1.94. The van der Waals surface area contributed by atoms with Crippen LogP contribution in [0.3, 0.4) is 0 Å². The zero-order valence-corrected chi connectivity index (χ0v) is 10.2. The van der Waals surface area contributed by atoms with E-state index in [2.05, 4.69) is 17.0 Å². The molecule has 0 aliphatic carbocycles. The third-order valence-corrected chi connectivity index (χ3v) is 2.07. The molecule has 8 heteroatoms. The van der Waals surface area contributed by atoms with Gasteiger partial charge in [0.2, 0.25) is 0 Å². The Morgan fingerprint density at radius 2 is 1.95 bits per heavy atom. The molecule has 0 aromatic heterocycles. The number of anilines is 1. The average Bonchev–Trinajstić information content (AvgIpc) is 2.35. The van der Waals surface area contributed by atoms with Crippen molar-refractivity contribution >= 4 is 35.1 Å². The number of hydrogen-bond donors (Lipinski definition) is 1. The normalized spacial score (nSPS) is 10.7. The Labute approximate surface area is 111 Å². The van der Waals surface area contributed by atoms with Gasteiger partial charge in [0.1, 0.15) is 6.61 Å². The van der Waals surface area contributed by atoms with Crippen LogP contribution in [0.25, 0.3) is 0 Å². The first-order chi connectivity index (χ1) is 8.86. The van der Waals surface area contributed by atoms with Crippen molar-refractivity contribution in [2.45, 2.75) is 6.18 Å². The van der Waals surface area contributed by atoms with Crippen LogP contribution in [0.4, 0.5) is 18.9 Å². The maximum Gasteiger partial charge on any atom is 0.471 e. The summed E-state index contributed by atoms with van der Waals surface area (Å²) < 4.78 is 41.0. The number of hydrogen-bond acceptors (Lipinski definition) is 4. The summed E-state index contributed by atoms with van der Waals surface area (Å²) in [7, 11) is 0. The number of nitrogens with one attached hydrogen (secondary N) is 1. The van der Waals surface area contributed by atoms with E-state index in [0.29, 0.717) is 0 Å². The van der Waals surface area contributed by atoms with Gasteiger partial charge in [0.05, 0.1) is 11.3 Å². The molecular weight excluding hydrogens is 283 g/mol. The molecule has 1 N–H and O–H groups in total. The molecule has 0 fully saturated rings. The lowest BCUT2D eigenvalue weighted by Crippen LogP contribution is -2.30. The molecule has 0 aliphatic heterocycles. The number of ether oxygens (including phenoxy) is 1. The summed E-state index contributed by atoms with van der Waals surface area (Å²) in [6, 6.07) is 5.20. The first-order valence-electron chi connectivity index (χ1n) is 4.94. The quantitative estimate of drug-likeness (QED) is 0.683. The van der Waals surface area contributed by atoms with E-state index < -0.39 is 18.1 Å². The van der Waals surface area contributed by atoms with E-state index in [4.69, 9.17) is 0 Å². The molecule has 1 aromatic carbocycles. The highest BCUT2D eigenvalue weighted by molar-refractivity contribution is 7.79. The largest absolute Gasteiger partial charge is 0.471 e. The summed E-state index contributed by atoms with van der Waals surface area (Å²) in [5.74, 6) is -3.04. The zero-order valence-electron chi connectivity index (χ0n) is 9.36. The van der Waals surface area contributed by atoms with Gasteiger partial charge < -0.3 is 10.1 Å². The van der Waals surface area contributed by atoms with Crippen molar-refractivity contribution in [1.29, 1.82) is 0 Å². The first-order valence-corrected chi connectivity index (χ1v) is 5.41. The van der Waals surface area contributed by atoms with Crippen molar-refractivity contribution in [2.24, 2.45) is 0 Å². The van der Waals surface area contributed by atoms with Crippen LogP contribution in [0.2, 0.25) is 0 Å². The maximum atomic E-state index is 12.1. The maximum absolute atomic E-state index is 12.1. The third kappa shape index (κ3) is 4.32. The van der Waals surface area contributed by atoms with Gasteiger partial charge in [-0.3, -0.25) is 4.79 Å². The molecule has 0 bridgehead atoms. The van der Waals surface area contributed by atoms with Gasteiger partial charge in [0, 0.05) is 5.37 Å². The van der Waals surface area contributed by atoms with Crippen molar-refractivity contribution in [1.82, 2.24) is 0 Å². The molecule has 0 radical (unpaired) electrons. The molecule has 0 atom stereocenters. The lowest BCUT2D eigenvalue weighted by Gasteiger charge is -2.11. The summed E-state index contributed by atoms with van der Waals surface area (Å²) >= 11 is 4.45. The van der Waals surface area contributed by atoms with Gasteiger partial charge in [-0.25, -0.2) is 4.79 Å². The predicted molar refractivity (Wildman–Crippen MR) is 65.1 cm³/mol. The van der Waals surface area contributed by atoms with Gasteiger partial charge in [-0.15, -0.1) is 0 Å². The monoisotopic (exact) mass is 291 g/mol. The van der Waals surface area contributed by atoms with Crippen LogP contribution in [-0.4, -0.2) is 30.0 Å². The fourth-order valence-electron chi connectivity index (χ4n) is 1.15. The zero-order chi connectivity index (χ0) is 14.5. The van der Waals surface area contributed by atoms with Crippen molar-refractivity contribution < 1.29 is 27.5 Å². The molecule has 0 spiro atoms. The van der Waals surface area contributed by atoms with E-state index in [1.807, 2.05) is 0 Å². The Balaban J connectivity index is 2.93. The second-order valence-electron chi connectivity index (χ2n) is 3.26. The molecule has 1 aromatic rings. The average molecular weight is 291 g/mol. The summed E-state index contributed by atoms with van der Waals surface area (Å²) in [5, 5.41) is 2.75. The Bertz CT molecular complexity index is 502. The van der Waals surface area contributed by atoms with Crippen LogP contribution in [0.15, 0.2) is 24.3 Å². The summed E-state index contributed by atoms with van der Waals surface area (Å²) in [4.78, 5) is 22.3. The highest BCUT2D eigenvalue weighted by Gasteiger charge is 2.39. The van der Waals surface area contributed by atoms with E-state index in [9.17, 15) is 22.8 Å². The second-order valence-corrected chi connectivity index (χ2v) is 3.60. The standard InChI is InChI=1S/C11H8F3NO3S/c12-11(13,14)10(17)15-8-4-2-1-3-7(8)9(16)18-5-6-19/h1-4,6H,5H2,(H,15,17). The van der Waals surface area contributed by atoms with Gasteiger partial charge in [0.15, 0.2) is 0 Å². The summed E-state index contributed by atoms with van der Waals surface area (Å²) in [5.41, 5.74) is -0.462. The first kappa shape index (κ1) is 15.1. The number of alkyl halides is 3. The molecular formula is C11H8F3NO3S. The Kier molecular flexibility index (Phi) is 4.99. The van der Waals surface area contributed by atoms with Gasteiger partial charge in [0.25, 0.3) is 0 Å². The van der Waals surface area contributed by atoms with Gasteiger partial charge in [-0.05, 0) is 12.1 Å². The number of thiocarbonyl (C=S) groups is 1. The van der Waals surface area contributed by atoms with Gasteiger partial charge in [-0.1, -0.05) is 24.4 Å². The van der Waals surface area contributed by atoms with E-state index >= 15 is 0 Å².